The van der Waals surface area contributed by atoms with Crippen molar-refractivity contribution in [2.75, 3.05) is 53.2 Å². The highest BCUT2D eigenvalue weighted by molar-refractivity contribution is 5.82. The molecule has 7 unspecified atom stereocenters. The number of nitrogens with one attached hydrogen (secondary N) is 3. The second-order valence-corrected chi connectivity index (χ2v) is 25.1. The van der Waals surface area contributed by atoms with Crippen LogP contribution < -0.4 is 16.0 Å². The number of ether oxygens (including phenoxy) is 12. The van der Waals surface area contributed by atoms with Crippen molar-refractivity contribution in [3.05, 3.63) is 62.3 Å². The zero-order chi connectivity index (χ0) is 75.3. The first-order valence-electron chi connectivity index (χ1n) is 38.4. The lowest BCUT2D eigenvalue weighted by atomic mass is 9.99. The van der Waals surface area contributed by atoms with Crippen molar-refractivity contribution in [2.45, 2.75) is 328 Å². The van der Waals surface area contributed by atoms with Crippen LogP contribution in [0.3, 0.4) is 0 Å². The number of hydrogen-bond donors (Lipinski definition) is 3. The maximum absolute atomic E-state index is 13.3. The highest BCUT2D eigenvalue weighted by atomic mass is 16.6. The van der Waals surface area contributed by atoms with Crippen molar-refractivity contribution < 1.29 is 100.0 Å². The molecular weight excluding hydrogens is 1310 g/mol. The summed E-state index contributed by atoms with van der Waals surface area (Å²) >= 11 is 0. The fraction of sp³-hybridized carbons (Fsp3) is 0.756. The van der Waals surface area contributed by atoms with Gasteiger partial charge in [0, 0.05) is 70.2 Å². The van der Waals surface area contributed by atoms with Crippen molar-refractivity contribution in [1.82, 2.24) is 16.0 Å². The van der Waals surface area contributed by atoms with Gasteiger partial charge in [0.25, 0.3) is 0 Å². The van der Waals surface area contributed by atoms with Gasteiger partial charge >= 0.3 is 54.1 Å². The Balaban J connectivity index is 5.67. The Morgan fingerprint density at radius 3 is 0.990 bits per heavy atom. The fourth-order valence-electron chi connectivity index (χ4n) is 11.0. The summed E-state index contributed by atoms with van der Waals surface area (Å²) < 4.78 is 67.3. The summed E-state index contributed by atoms with van der Waals surface area (Å²) in [5.41, 5.74) is 0. The molecule has 102 heavy (non-hydrogen) atoms. The molecule has 0 radical (unpaired) electrons. The van der Waals surface area contributed by atoms with Gasteiger partial charge in [-0.15, -0.1) is 0 Å². The summed E-state index contributed by atoms with van der Waals surface area (Å²) in [4.78, 5) is 112. The predicted octanol–water partition coefficient (Wildman–Crippen LogP) is 16.5. The molecule has 3 N–H and O–H groups in total. The lowest BCUT2D eigenvalue weighted by Gasteiger charge is -2.27. The molecular formula is C78H133N3O21. The third-order valence-corrected chi connectivity index (χ3v) is 16.6. The normalized spacial score (nSPS) is 13.3. The molecule has 0 saturated carbocycles. The lowest BCUT2D eigenvalue weighted by molar-refractivity contribution is -0.167. The number of alkyl carbamates (subject to hydrolysis) is 3. The number of amides is 3. The van der Waals surface area contributed by atoms with Crippen LogP contribution in [0.1, 0.15) is 286 Å². The number of hydrogen-bond acceptors (Lipinski definition) is 21. The number of allylic oxidation sites excluding steroid dienone is 2. The lowest BCUT2D eigenvalue weighted by Crippen LogP contribution is -2.38. The van der Waals surface area contributed by atoms with E-state index in [1.807, 2.05) is 32.9 Å². The molecule has 0 fully saturated rings. The van der Waals surface area contributed by atoms with E-state index in [-0.39, 0.29) is 71.0 Å². The molecule has 0 aromatic heterocycles. The Hall–Kier alpha value is -6.79. The monoisotopic (exact) mass is 1450 g/mol. The molecule has 24 heteroatoms. The van der Waals surface area contributed by atoms with E-state index in [1.54, 1.807) is 0 Å². The van der Waals surface area contributed by atoms with Gasteiger partial charge in [0.2, 0.25) is 0 Å². The summed E-state index contributed by atoms with van der Waals surface area (Å²) in [6, 6.07) is 0. The minimum atomic E-state index is -1.00. The number of carbonyl (C=O) groups excluding carboxylic acids is 9. The minimum Gasteiger partial charge on any atom is -0.462 e. The molecule has 7 atom stereocenters. The first-order chi connectivity index (χ1) is 49.5. The molecule has 0 aromatic rings. The van der Waals surface area contributed by atoms with Crippen LogP contribution in [0, 0.1) is 0 Å². The van der Waals surface area contributed by atoms with E-state index in [9.17, 15) is 43.2 Å². The average molecular weight is 1450 g/mol. The second kappa shape index (κ2) is 68.6. The summed E-state index contributed by atoms with van der Waals surface area (Å²) in [5.74, 6) is -3.40. The van der Waals surface area contributed by atoms with Crippen LogP contribution in [0.25, 0.3) is 0 Å². The third kappa shape index (κ3) is 56.7. The molecule has 0 aliphatic carbocycles. The van der Waals surface area contributed by atoms with Gasteiger partial charge in [0.15, 0.2) is 26.3 Å². The maximum Gasteiger partial charge on any atom is 0.410 e. The highest BCUT2D eigenvalue weighted by Gasteiger charge is 2.29. The van der Waals surface area contributed by atoms with Crippen LogP contribution in [-0.4, -0.2) is 150 Å². The molecule has 0 aliphatic rings. The van der Waals surface area contributed by atoms with Crippen LogP contribution in [-0.2, 0) is 85.6 Å². The first kappa shape index (κ1) is 95.2. The van der Waals surface area contributed by atoms with E-state index in [0.29, 0.717) is 71.2 Å². The smallest absolute Gasteiger partial charge is 0.410 e. The average Bonchev–Trinajstić information content (AvgIpc) is 0.956. The van der Waals surface area contributed by atoms with Gasteiger partial charge in [-0.1, -0.05) is 200 Å². The third-order valence-electron chi connectivity index (χ3n) is 16.6. The van der Waals surface area contributed by atoms with E-state index in [2.05, 4.69) is 68.6 Å². The van der Waals surface area contributed by atoms with E-state index in [1.165, 1.54) is 6.42 Å². The second-order valence-electron chi connectivity index (χ2n) is 25.1. The summed E-state index contributed by atoms with van der Waals surface area (Å²) in [6.45, 7) is 21.9. The number of esters is 6. The Morgan fingerprint density at radius 1 is 0.314 bits per heavy atom. The Kier molecular flexibility index (Phi) is 64.1. The van der Waals surface area contributed by atoms with Gasteiger partial charge in [0.05, 0.1) is 18.3 Å². The molecule has 3 amide bonds. The molecule has 0 rings (SSSR count). The van der Waals surface area contributed by atoms with Crippen LogP contribution in [0.4, 0.5) is 14.4 Å². The standard InChI is InChI=1S/C78H133N3O21/c1-10-19-22-24-32-43-52-68(101-77(89)80-61-97-71(83)14-5)65(92-17-8)50-41-35-30-38-46-55-73(85)94-58-63(99-75(87)57-48-37-29-27-26-28-34-45-54-67(64(91-16-7)49-40-21-12-3)100-76(88)79-60-96-70(82)13-4)59-95-74(86)56-47-39-31-36-42-51-66(93-18-9)69(53-44-33-25-23-20-11-2)102-78(90)81-62-98-72(84)15-6/h13-15,32,34,43,45,63-69H,4-6,10-12,16-31,33,35-42,44,46-62H2,1-3,7-9H3,(H,79,88)(H,80,89)(H,81,90)/b43-32+,45-34+. The molecule has 0 bridgehead atoms. The van der Waals surface area contributed by atoms with Crippen molar-refractivity contribution in [2.24, 2.45) is 0 Å². The zero-order valence-electron chi connectivity index (χ0n) is 63.3. The van der Waals surface area contributed by atoms with E-state index in [0.717, 1.165) is 185 Å². The number of carbonyl (C=O) groups is 9. The summed E-state index contributed by atoms with van der Waals surface area (Å²) in [6.07, 6.45) is 35.6. The molecule has 0 spiro atoms. The van der Waals surface area contributed by atoms with Crippen molar-refractivity contribution in [3.8, 4) is 0 Å². The maximum atomic E-state index is 13.3. The Bertz CT molecular complexity index is 2300. The van der Waals surface area contributed by atoms with Crippen molar-refractivity contribution in [3.63, 3.8) is 0 Å². The first-order valence-corrected chi connectivity index (χ1v) is 38.4. The number of rotatable bonds is 69. The van der Waals surface area contributed by atoms with Gasteiger partial charge in [-0.2, -0.15) is 0 Å². The molecule has 586 valence electrons. The van der Waals surface area contributed by atoms with Crippen LogP contribution in [0.15, 0.2) is 62.3 Å². The van der Waals surface area contributed by atoms with E-state index < -0.39 is 78.5 Å². The molecule has 0 saturated heterocycles. The SMILES string of the molecule is C=CC(=O)OCNC(=O)OC(C/C=C/CCCCCCCC(=O)OC(COC(=O)CCCCCCCC(OCC)C(C/C=C/CCCCC)OC(=O)NCOC(=O)C=C)COC(=O)CCCCCCCC(OCC)C(CCCCCCCC)OC(=O)NCOC(=O)C=C)C(CCCCC)OCC. The van der Waals surface area contributed by atoms with Gasteiger partial charge in [-0.05, 0) is 97.8 Å². The molecule has 0 heterocycles. The highest BCUT2D eigenvalue weighted by Crippen LogP contribution is 2.23. The van der Waals surface area contributed by atoms with E-state index >= 15 is 0 Å². The topological polar surface area (TPSA) is 300 Å². The Labute approximate surface area is 611 Å². The predicted molar refractivity (Wildman–Crippen MR) is 392 cm³/mol. The van der Waals surface area contributed by atoms with Crippen molar-refractivity contribution in [1.29, 1.82) is 0 Å². The molecule has 0 aliphatic heterocycles. The summed E-state index contributed by atoms with van der Waals surface area (Å²) in [5, 5.41) is 7.36. The van der Waals surface area contributed by atoms with Crippen molar-refractivity contribution >= 4 is 54.1 Å². The number of unbranched alkanes of at least 4 members (excludes halogenated alkanes) is 23. The molecule has 24 nitrogen and oxygen atoms in total. The fourth-order valence-corrected chi connectivity index (χ4v) is 11.0. The Morgan fingerprint density at radius 2 is 0.608 bits per heavy atom. The van der Waals surface area contributed by atoms with E-state index in [4.69, 9.17) is 56.8 Å². The minimum absolute atomic E-state index is 0.130. The van der Waals surface area contributed by atoms with Crippen LogP contribution in [0.5, 0.6) is 0 Å². The van der Waals surface area contributed by atoms with Gasteiger partial charge < -0.3 is 56.8 Å². The molecule has 0 aromatic carbocycles. The summed E-state index contributed by atoms with van der Waals surface area (Å²) in [7, 11) is 0. The van der Waals surface area contributed by atoms with Gasteiger partial charge in [-0.25, -0.2) is 28.8 Å². The zero-order valence-corrected chi connectivity index (χ0v) is 63.3. The largest absolute Gasteiger partial charge is 0.462 e. The van der Waals surface area contributed by atoms with Crippen LogP contribution >= 0.6 is 0 Å². The van der Waals surface area contributed by atoms with Gasteiger partial charge in [-0.3, -0.25) is 30.3 Å². The van der Waals surface area contributed by atoms with Crippen LogP contribution in [0.2, 0.25) is 0 Å². The van der Waals surface area contributed by atoms with Gasteiger partial charge in [0.1, 0.15) is 31.5 Å². The quantitative estimate of drug-likeness (QED) is 0.0127.